The second-order valence-corrected chi connectivity index (χ2v) is 2.51. The molecular weight excluding hydrogens is 130 g/mol. The maximum absolute atomic E-state index is 3.93. The van der Waals surface area contributed by atoms with Crippen molar-refractivity contribution in [2.45, 2.75) is 4.90 Å². The van der Waals surface area contributed by atoms with Crippen LogP contribution in [-0.2, 0) is 0 Å². The van der Waals surface area contributed by atoms with Crippen molar-refractivity contribution in [2.24, 2.45) is 0 Å². The fourth-order valence-electron chi connectivity index (χ4n) is 0.513. The summed E-state index contributed by atoms with van der Waals surface area (Å²) in [6.07, 6.45) is 3.57. The van der Waals surface area contributed by atoms with E-state index in [1.165, 1.54) is 0 Å². The molecule has 0 unspecified atom stereocenters. The summed E-state index contributed by atoms with van der Waals surface area (Å²) in [5.74, 6) is 0. The Labute approximate surface area is 58.8 Å². The predicted octanol–water partition coefficient (Wildman–Crippen LogP) is 2.32. The number of hydrogen-bond acceptors (Lipinski definition) is 2. The Morgan fingerprint density at radius 3 is 3.11 bits per heavy atom. The Hall–Kier alpha value is -0.760. The van der Waals surface area contributed by atoms with E-state index in [4.69, 9.17) is 0 Å². The summed E-state index contributed by atoms with van der Waals surface area (Å²) in [4.78, 5) is 5.07. The van der Waals surface area contributed by atoms with Gasteiger partial charge in [-0.15, -0.1) is 0 Å². The zero-order valence-electron chi connectivity index (χ0n) is 4.95. The highest BCUT2D eigenvalue weighted by atomic mass is 32.2. The van der Waals surface area contributed by atoms with Crippen LogP contribution < -0.4 is 0 Å². The maximum Gasteiger partial charge on any atom is 0.0407 e. The van der Waals surface area contributed by atoms with Crippen LogP contribution in [-0.4, -0.2) is 4.98 Å². The molecule has 1 aromatic rings. The lowest BCUT2D eigenvalue weighted by molar-refractivity contribution is 1.24. The number of hydrogen-bond donors (Lipinski definition) is 0. The number of nitrogens with zero attached hydrogens (tertiary/aromatic N) is 1. The molecule has 0 saturated heterocycles. The van der Waals surface area contributed by atoms with Gasteiger partial charge in [0, 0.05) is 17.3 Å². The first-order valence-electron chi connectivity index (χ1n) is 2.61. The van der Waals surface area contributed by atoms with Gasteiger partial charge in [0.15, 0.2) is 0 Å². The molecule has 0 atom stereocenters. The third-order valence-electron chi connectivity index (χ3n) is 0.854. The highest BCUT2D eigenvalue weighted by molar-refractivity contribution is 8.02. The third kappa shape index (κ3) is 1.90. The molecule has 1 rings (SSSR count). The zero-order chi connectivity index (χ0) is 6.53. The third-order valence-corrected chi connectivity index (χ3v) is 1.53. The van der Waals surface area contributed by atoms with Crippen LogP contribution >= 0.6 is 11.8 Å². The normalized spacial score (nSPS) is 8.89. The molecule has 0 bridgehead atoms. The first-order valence-corrected chi connectivity index (χ1v) is 3.49. The first-order chi connectivity index (χ1) is 4.43. The van der Waals surface area contributed by atoms with E-state index in [2.05, 4.69) is 11.6 Å². The minimum atomic E-state index is 1.13. The van der Waals surface area contributed by atoms with Gasteiger partial charge in [0.25, 0.3) is 0 Å². The molecule has 0 saturated carbocycles. The van der Waals surface area contributed by atoms with Crippen LogP contribution in [0.4, 0.5) is 0 Å². The van der Waals surface area contributed by atoms with E-state index in [-0.39, 0.29) is 0 Å². The summed E-state index contributed by atoms with van der Waals surface area (Å²) in [6, 6.07) is 3.91. The van der Waals surface area contributed by atoms with Crippen LogP contribution in [0.3, 0.4) is 0 Å². The monoisotopic (exact) mass is 137 g/mol. The molecule has 0 N–H and O–H groups in total. The van der Waals surface area contributed by atoms with Crippen molar-refractivity contribution in [3.63, 3.8) is 0 Å². The highest BCUT2D eigenvalue weighted by Gasteiger charge is 1.83. The largest absolute Gasteiger partial charge is 0.264 e. The molecule has 46 valence electrons. The van der Waals surface area contributed by atoms with Crippen molar-refractivity contribution < 1.29 is 0 Å². The average molecular weight is 137 g/mol. The highest BCUT2D eigenvalue weighted by Crippen LogP contribution is 2.15. The van der Waals surface area contributed by atoms with E-state index in [9.17, 15) is 0 Å². The van der Waals surface area contributed by atoms with E-state index < -0.39 is 0 Å². The van der Waals surface area contributed by atoms with E-state index >= 15 is 0 Å². The van der Waals surface area contributed by atoms with Gasteiger partial charge in [-0.05, 0) is 17.5 Å². The van der Waals surface area contributed by atoms with Crippen LogP contribution in [0.2, 0.25) is 0 Å². The summed E-state index contributed by atoms with van der Waals surface area (Å²) in [6.45, 7) is 3.59. The van der Waals surface area contributed by atoms with Crippen LogP contribution in [0, 0.1) is 0 Å². The second-order valence-electron chi connectivity index (χ2n) is 1.47. The molecule has 9 heavy (non-hydrogen) atoms. The average Bonchev–Trinajstić information content (AvgIpc) is 1.91. The maximum atomic E-state index is 3.93. The molecule has 0 aromatic carbocycles. The van der Waals surface area contributed by atoms with Crippen molar-refractivity contribution in [3.05, 3.63) is 36.5 Å². The van der Waals surface area contributed by atoms with Gasteiger partial charge in [0.1, 0.15) is 0 Å². The number of rotatable bonds is 2. The summed E-state index contributed by atoms with van der Waals surface area (Å²) in [5, 5.41) is 1.79. The molecule has 1 nitrogen and oxygen atoms in total. The molecule has 1 heterocycles. The SMILES string of the molecule is C=CSc1cccnc1. The number of pyridine rings is 1. The van der Waals surface area contributed by atoms with Gasteiger partial charge in [0.2, 0.25) is 0 Å². The molecule has 1 aromatic heterocycles. The molecule has 0 spiro atoms. The van der Waals surface area contributed by atoms with E-state index in [1.54, 1.807) is 23.4 Å². The molecule has 0 amide bonds. The minimum Gasteiger partial charge on any atom is -0.264 e. The Kier molecular flexibility index (Phi) is 2.33. The van der Waals surface area contributed by atoms with Gasteiger partial charge in [0.05, 0.1) is 0 Å². The quantitative estimate of drug-likeness (QED) is 0.580. The number of aromatic nitrogens is 1. The minimum absolute atomic E-state index is 1.13. The van der Waals surface area contributed by atoms with Gasteiger partial charge in [-0.2, -0.15) is 0 Å². The van der Waals surface area contributed by atoms with Gasteiger partial charge < -0.3 is 0 Å². The van der Waals surface area contributed by atoms with Crippen LogP contribution in [0.15, 0.2) is 41.4 Å². The lowest BCUT2D eigenvalue weighted by Gasteiger charge is -1.89. The van der Waals surface area contributed by atoms with Gasteiger partial charge >= 0.3 is 0 Å². The van der Waals surface area contributed by atoms with Crippen LogP contribution in [0.25, 0.3) is 0 Å². The fourth-order valence-corrected chi connectivity index (χ4v) is 0.984. The second kappa shape index (κ2) is 3.30. The summed E-state index contributed by atoms with van der Waals surface area (Å²) >= 11 is 1.58. The smallest absolute Gasteiger partial charge is 0.0407 e. The predicted molar refractivity (Wildman–Crippen MR) is 40.3 cm³/mol. The van der Waals surface area contributed by atoms with Crippen molar-refractivity contribution >= 4 is 11.8 Å². The molecule has 0 aliphatic rings. The van der Waals surface area contributed by atoms with Crippen molar-refractivity contribution in [1.82, 2.24) is 4.98 Å². The van der Waals surface area contributed by atoms with Crippen LogP contribution in [0.1, 0.15) is 0 Å². The van der Waals surface area contributed by atoms with Crippen molar-refractivity contribution in [1.29, 1.82) is 0 Å². The molecule has 0 aliphatic carbocycles. The van der Waals surface area contributed by atoms with E-state index in [1.807, 2.05) is 18.3 Å². The first kappa shape index (κ1) is 6.36. The van der Waals surface area contributed by atoms with Crippen LogP contribution in [0.5, 0.6) is 0 Å². The summed E-state index contributed by atoms with van der Waals surface area (Å²) in [5.41, 5.74) is 0. The van der Waals surface area contributed by atoms with E-state index in [0.717, 1.165) is 4.90 Å². The van der Waals surface area contributed by atoms with Gasteiger partial charge in [-0.25, -0.2) is 0 Å². The Bertz CT molecular complexity index is 183. The standard InChI is InChI=1S/C7H7NS/c1-2-9-7-4-3-5-8-6-7/h2-6H,1H2. The Morgan fingerprint density at radius 2 is 2.56 bits per heavy atom. The van der Waals surface area contributed by atoms with Gasteiger partial charge in [-0.1, -0.05) is 18.3 Å². The molecule has 0 aliphatic heterocycles. The molecule has 0 radical (unpaired) electrons. The fraction of sp³-hybridized carbons (Fsp3) is 0. The summed E-state index contributed by atoms with van der Waals surface area (Å²) in [7, 11) is 0. The lowest BCUT2D eigenvalue weighted by Crippen LogP contribution is -1.68. The van der Waals surface area contributed by atoms with Crippen molar-refractivity contribution in [3.8, 4) is 0 Å². The van der Waals surface area contributed by atoms with Gasteiger partial charge in [-0.3, -0.25) is 4.98 Å². The summed E-state index contributed by atoms with van der Waals surface area (Å²) < 4.78 is 0. The van der Waals surface area contributed by atoms with E-state index in [0.29, 0.717) is 0 Å². The van der Waals surface area contributed by atoms with Crippen molar-refractivity contribution in [2.75, 3.05) is 0 Å². The Morgan fingerprint density at radius 1 is 1.67 bits per heavy atom. The number of thioether (sulfide) groups is 1. The topological polar surface area (TPSA) is 12.9 Å². The molecular formula is C7H7NS. The zero-order valence-corrected chi connectivity index (χ0v) is 5.77. The molecule has 2 heteroatoms. The Balaban J connectivity index is 2.72. The lowest BCUT2D eigenvalue weighted by atomic mass is 10.5. The molecule has 0 fully saturated rings.